The van der Waals surface area contributed by atoms with Crippen molar-refractivity contribution < 1.29 is 4.74 Å². The van der Waals surface area contributed by atoms with Crippen molar-refractivity contribution >= 4 is 15.9 Å². The molecule has 0 aliphatic carbocycles. The fourth-order valence-electron chi connectivity index (χ4n) is 2.50. The summed E-state index contributed by atoms with van der Waals surface area (Å²) in [6.45, 7) is 6.80. The molecule has 2 unspecified atom stereocenters. The van der Waals surface area contributed by atoms with Gasteiger partial charge in [0, 0.05) is 13.2 Å². The maximum Gasteiger partial charge on any atom is 0.0785 e. The van der Waals surface area contributed by atoms with Crippen molar-refractivity contribution in [1.82, 2.24) is 20.0 Å². The molecule has 6 heteroatoms. The van der Waals surface area contributed by atoms with Gasteiger partial charge in [-0.25, -0.2) is 0 Å². The van der Waals surface area contributed by atoms with Crippen molar-refractivity contribution in [2.45, 2.75) is 45.4 Å². The second-order valence-electron chi connectivity index (χ2n) is 5.45. The number of nitrogens with zero attached hydrogens (tertiary/aromatic N) is 3. The van der Waals surface area contributed by atoms with E-state index in [4.69, 9.17) is 4.74 Å². The van der Waals surface area contributed by atoms with Gasteiger partial charge in [-0.05, 0) is 50.4 Å². The highest BCUT2D eigenvalue weighted by molar-refractivity contribution is 9.10. The Morgan fingerprint density at radius 3 is 2.67 bits per heavy atom. The van der Waals surface area contributed by atoms with Gasteiger partial charge in [0.25, 0.3) is 0 Å². The number of rotatable bonds is 10. The SMILES string of the molecule is CCCC(OCC)C(NC)c1c(Br)cnn1CCN(C)C. The Morgan fingerprint density at radius 2 is 2.14 bits per heavy atom. The Balaban J connectivity index is 2.99. The Labute approximate surface area is 137 Å². The van der Waals surface area contributed by atoms with Crippen molar-refractivity contribution in [1.29, 1.82) is 0 Å². The molecule has 0 spiro atoms. The molecule has 0 aliphatic rings. The normalized spacial score (nSPS) is 14.6. The summed E-state index contributed by atoms with van der Waals surface area (Å²) in [5.74, 6) is 0. The van der Waals surface area contributed by atoms with Gasteiger partial charge in [0.15, 0.2) is 0 Å². The summed E-state index contributed by atoms with van der Waals surface area (Å²) >= 11 is 3.64. The highest BCUT2D eigenvalue weighted by atomic mass is 79.9. The topological polar surface area (TPSA) is 42.3 Å². The molecule has 0 aliphatic heterocycles. The highest BCUT2D eigenvalue weighted by Gasteiger charge is 2.27. The molecule has 0 fully saturated rings. The summed E-state index contributed by atoms with van der Waals surface area (Å²) in [5, 5.41) is 7.92. The minimum atomic E-state index is 0.143. The van der Waals surface area contributed by atoms with Gasteiger partial charge in [-0.15, -0.1) is 0 Å². The van der Waals surface area contributed by atoms with E-state index < -0.39 is 0 Å². The van der Waals surface area contributed by atoms with Crippen molar-refractivity contribution in [3.8, 4) is 0 Å². The van der Waals surface area contributed by atoms with Gasteiger partial charge < -0.3 is 15.0 Å². The quantitative estimate of drug-likeness (QED) is 0.696. The largest absolute Gasteiger partial charge is 0.376 e. The zero-order valence-corrected chi connectivity index (χ0v) is 15.5. The van der Waals surface area contributed by atoms with Crippen LogP contribution in [0.2, 0.25) is 0 Å². The third-order valence-corrected chi connectivity index (χ3v) is 4.13. The molecule has 0 aromatic carbocycles. The molecule has 1 aromatic heterocycles. The molecule has 0 saturated carbocycles. The van der Waals surface area contributed by atoms with E-state index >= 15 is 0 Å². The molecule has 1 N–H and O–H groups in total. The van der Waals surface area contributed by atoms with E-state index in [2.05, 4.69) is 56.9 Å². The predicted molar refractivity (Wildman–Crippen MR) is 90.6 cm³/mol. The first-order chi connectivity index (χ1) is 10.0. The van der Waals surface area contributed by atoms with Gasteiger partial charge in [0.2, 0.25) is 0 Å². The number of likely N-dealkylation sites (N-methyl/N-ethyl adjacent to an activating group) is 2. The molecule has 122 valence electrons. The van der Waals surface area contributed by atoms with Crippen molar-refractivity contribution in [2.24, 2.45) is 0 Å². The van der Waals surface area contributed by atoms with Crippen molar-refractivity contribution in [3.05, 3.63) is 16.4 Å². The lowest BCUT2D eigenvalue weighted by Gasteiger charge is -2.28. The number of aromatic nitrogens is 2. The number of halogens is 1. The monoisotopic (exact) mass is 360 g/mol. The molecule has 1 rings (SSSR count). The first-order valence-electron chi connectivity index (χ1n) is 7.69. The lowest BCUT2D eigenvalue weighted by atomic mass is 10.0. The summed E-state index contributed by atoms with van der Waals surface area (Å²) in [6, 6.07) is 0.143. The van der Waals surface area contributed by atoms with Crippen molar-refractivity contribution in [3.63, 3.8) is 0 Å². The van der Waals surface area contributed by atoms with Crippen LogP contribution in [0.1, 0.15) is 38.4 Å². The third-order valence-electron chi connectivity index (χ3n) is 3.52. The van der Waals surface area contributed by atoms with E-state index in [-0.39, 0.29) is 12.1 Å². The third kappa shape index (κ3) is 5.36. The Morgan fingerprint density at radius 1 is 1.43 bits per heavy atom. The molecule has 0 bridgehead atoms. The van der Waals surface area contributed by atoms with Crippen LogP contribution in [0.25, 0.3) is 0 Å². The molecular weight excluding hydrogens is 332 g/mol. The van der Waals surface area contributed by atoms with Crippen LogP contribution in [0.5, 0.6) is 0 Å². The fraction of sp³-hybridized carbons (Fsp3) is 0.800. The Kier molecular flexibility index (Phi) is 8.48. The first kappa shape index (κ1) is 18.6. The van der Waals surface area contributed by atoms with Gasteiger partial charge in [-0.1, -0.05) is 13.3 Å². The summed E-state index contributed by atoms with van der Waals surface area (Å²) in [7, 11) is 6.14. The van der Waals surface area contributed by atoms with Crippen LogP contribution in [0, 0.1) is 0 Å². The van der Waals surface area contributed by atoms with E-state index in [0.717, 1.165) is 37.0 Å². The number of nitrogens with one attached hydrogen (secondary N) is 1. The Bertz CT molecular complexity index is 402. The Hall–Kier alpha value is -0.430. The predicted octanol–water partition coefficient (Wildman–Crippen LogP) is 2.67. The molecule has 0 saturated heterocycles. The molecule has 1 heterocycles. The maximum absolute atomic E-state index is 5.96. The molecule has 0 radical (unpaired) electrons. The van der Waals surface area contributed by atoms with Crippen LogP contribution in [-0.4, -0.2) is 55.1 Å². The van der Waals surface area contributed by atoms with Crippen LogP contribution < -0.4 is 5.32 Å². The minimum Gasteiger partial charge on any atom is -0.376 e. The number of hydrogen-bond acceptors (Lipinski definition) is 4. The lowest BCUT2D eigenvalue weighted by Crippen LogP contribution is -2.34. The minimum absolute atomic E-state index is 0.143. The molecule has 1 aromatic rings. The molecule has 0 amide bonds. The van der Waals surface area contributed by atoms with E-state index in [1.54, 1.807) is 0 Å². The first-order valence-corrected chi connectivity index (χ1v) is 8.49. The fourth-order valence-corrected chi connectivity index (χ4v) is 3.04. The van der Waals surface area contributed by atoms with E-state index in [1.165, 1.54) is 5.69 Å². The average Bonchev–Trinajstić information content (AvgIpc) is 2.80. The molecule has 5 nitrogen and oxygen atoms in total. The summed E-state index contributed by atoms with van der Waals surface area (Å²) < 4.78 is 9.08. The standard InChI is InChI=1S/C15H29BrN4O/c1-6-8-13(21-7-2)14(17-3)15-12(16)11-18-20(15)10-9-19(4)5/h11,13-14,17H,6-10H2,1-5H3. The van der Waals surface area contributed by atoms with E-state index in [0.29, 0.717) is 0 Å². The van der Waals surface area contributed by atoms with Gasteiger partial charge in [-0.3, -0.25) is 4.68 Å². The average molecular weight is 361 g/mol. The van der Waals surface area contributed by atoms with Crippen LogP contribution in [-0.2, 0) is 11.3 Å². The summed E-state index contributed by atoms with van der Waals surface area (Å²) in [4.78, 5) is 2.17. The van der Waals surface area contributed by atoms with Crippen LogP contribution >= 0.6 is 15.9 Å². The maximum atomic E-state index is 5.96. The molecular formula is C15H29BrN4O. The number of hydrogen-bond donors (Lipinski definition) is 1. The highest BCUT2D eigenvalue weighted by Crippen LogP contribution is 2.28. The van der Waals surface area contributed by atoms with Gasteiger partial charge >= 0.3 is 0 Å². The second kappa shape index (κ2) is 9.56. The van der Waals surface area contributed by atoms with Crippen molar-refractivity contribution in [2.75, 3.05) is 34.3 Å². The van der Waals surface area contributed by atoms with Crippen LogP contribution in [0.3, 0.4) is 0 Å². The summed E-state index contributed by atoms with van der Waals surface area (Å²) in [6.07, 6.45) is 4.18. The molecule has 2 atom stereocenters. The zero-order valence-electron chi connectivity index (χ0n) is 13.9. The summed E-state index contributed by atoms with van der Waals surface area (Å²) in [5.41, 5.74) is 1.17. The number of ether oxygens (including phenoxy) is 1. The smallest absolute Gasteiger partial charge is 0.0785 e. The van der Waals surface area contributed by atoms with Gasteiger partial charge in [0.05, 0.1) is 35.1 Å². The van der Waals surface area contributed by atoms with Crippen LogP contribution in [0.4, 0.5) is 0 Å². The molecule has 21 heavy (non-hydrogen) atoms. The lowest BCUT2D eigenvalue weighted by molar-refractivity contribution is 0.0270. The van der Waals surface area contributed by atoms with Crippen LogP contribution in [0.15, 0.2) is 10.7 Å². The van der Waals surface area contributed by atoms with E-state index in [1.807, 2.05) is 20.2 Å². The van der Waals surface area contributed by atoms with Gasteiger partial charge in [-0.2, -0.15) is 5.10 Å². The van der Waals surface area contributed by atoms with Gasteiger partial charge in [0.1, 0.15) is 0 Å². The van der Waals surface area contributed by atoms with E-state index in [9.17, 15) is 0 Å². The second-order valence-corrected chi connectivity index (χ2v) is 6.31. The zero-order chi connectivity index (χ0) is 15.8.